The van der Waals surface area contributed by atoms with Gasteiger partial charge in [-0.05, 0) is 37.0 Å². The number of carbonyl (C=O) groups excluding carboxylic acids is 3. The van der Waals surface area contributed by atoms with E-state index in [0.29, 0.717) is 30.9 Å². The second kappa shape index (κ2) is 10.2. The fraction of sp³-hybridized carbons (Fsp3) is 0.500. The van der Waals surface area contributed by atoms with Gasteiger partial charge in [0.15, 0.2) is 5.05 Å². The number of likely N-dealkylation sites (tertiary alicyclic amines) is 1. The predicted molar refractivity (Wildman–Crippen MR) is 106 cm³/mol. The zero-order valence-corrected chi connectivity index (χ0v) is 16.5. The van der Waals surface area contributed by atoms with Gasteiger partial charge >= 0.3 is 0 Å². The normalized spacial score (nSPS) is 18.4. The lowest BCUT2D eigenvalue weighted by Crippen LogP contribution is -2.50. The lowest BCUT2D eigenvalue weighted by Gasteiger charge is -2.27. The van der Waals surface area contributed by atoms with Gasteiger partial charge in [0.25, 0.3) is 0 Å². The van der Waals surface area contributed by atoms with Crippen LogP contribution < -0.4 is 5.32 Å². The van der Waals surface area contributed by atoms with Crippen LogP contribution in [0.15, 0.2) is 30.3 Å². The number of benzene rings is 1. The Kier molecular flexibility index (Phi) is 7.91. The monoisotopic (exact) mass is 390 g/mol. The lowest BCUT2D eigenvalue weighted by molar-refractivity contribution is -0.141. The van der Waals surface area contributed by atoms with Crippen LogP contribution in [0.25, 0.3) is 0 Å². The average molecular weight is 391 g/mol. The van der Waals surface area contributed by atoms with Crippen molar-refractivity contribution in [1.82, 2.24) is 10.2 Å². The minimum Gasteiger partial charge on any atom is -0.490 e. The maximum absolute atomic E-state index is 12.7. The maximum atomic E-state index is 12.7. The number of aldehydes is 1. The van der Waals surface area contributed by atoms with Crippen molar-refractivity contribution in [3.8, 4) is 0 Å². The van der Waals surface area contributed by atoms with Crippen molar-refractivity contribution in [3.63, 3.8) is 0 Å². The van der Waals surface area contributed by atoms with E-state index in [2.05, 4.69) is 5.32 Å². The van der Waals surface area contributed by atoms with E-state index in [1.165, 1.54) is 7.11 Å². The summed E-state index contributed by atoms with van der Waals surface area (Å²) >= 11 is 5.03. The third-order valence-corrected chi connectivity index (χ3v) is 5.08. The van der Waals surface area contributed by atoms with E-state index in [-0.39, 0.29) is 17.7 Å². The van der Waals surface area contributed by atoms with Crippen LogP contribution in [-0.2, 0) is 25.5 Å². The highest BCUT2D eigenvalue weighted by atomic mass is 32.1. The number of nitrogens with zero attached hydrogens (tertiary/aromatic N) is 1. The van der Waals surface area contributed by atoms with Gasteiger partial charge in [-0.15, -0.1) is 0 Å². The maximum Gasteiger partial charge on any atom is 0.243 e. The minimum absolute atomic E-state index is 0.113. The number of hydrogen-bond donors (Lipinski definition) is 1. The molecule has 0 bridgehead atoms. The SMILES string of the molecule is COC(=S)C[C@H](C)C(=O)N1CCCC1C(=O)N[C@@H](C=O)Cc1ccccc1. The van der Waals surface area contributed by atoms with Crippen molar-refractivity contribution >= 4 is 35.4 Å². The van der Waals surface area contributed by atoms with Crippen LogP contribution in [0.4, 0.5) is 0 Å². The second-order valence-corrected chi connectivity index (χ2v) is 7.27. The minimum atomic E-state index is -0.615. The van der Waals surface area contributed by atoms with E-state index in [9.17, 15) is 14.4 Å². The van der Waals surface area contributed by atoms with Gasteiger partial charge in [0.2, 0.25) is 11.8 Å². The molecular formula is C20H26N2O4S. The highest BCUT2D eigenvalue weighted by Crippen LogP contribution is 2.22. The summed E-state index contributed by atoms with van der Waals surface area (Å²) in [5.41, 5.74) is 0.968. The number of ether oxygens (including phenoxy) is 1. The molecule has 27 heavy (non-hydrogen) atoms. The predicted octanol–water partition coefficient (Wildman–Crippen LogP) is 1.90. The van der Waals surface area contributed by atoms with Gasteiger partial charge in [0.1, 0.15) is 12.3 Å². The van der Waals surface area contributed by atoms with Gasteiger partial charge in [-0.3, -0.25) is 9.59 Å². The Bertz CT molecular complexity index is 680. The number of hydrogen-bond acceptors (Lipinski definition) is 5. The summed E-state index contributed by atoms with van der Waals surface area (Å²) in [5, 5.41) is 3.16. The lowest BCUT2D eigenvalue weighted by atomic mass is 10.0. The number of methoxy groups -OCH3 is 1. The molecule has 146 valence electrons. The van der Waals surface area contributed by atoms with Crippen LogP contribution in [-0.4, -0.2) is 53.8 Å². The molecule has 7 heteroatoms. The summed E-state index contributed by atoms with van der Waals surface area (Å²) in [5.74, 6) is -0.745. The molecule has 6 nitrogen and oxygen atoms in total. The topological polar surface area (TPSA) is 75.7 Å². The van der Waals surface area contributed by atoms with Crippen LogP contribution in [0.5, 0.6) is 0 Å². The van der Waals surface area contributed by atoms with Crippen molar-refractivity contribution < 1.29 is 19.1 Å². The number of rotatable bonds is 8. The molecule has 1 unspecified atom stereocenters. The van der Waals surface area contributed by atoms with Gasteiger partial charge < -0.3 is 19.7 Å². The first kappa shape index (κ1) is 21.0. The van der Waals surface area contributed by atoms with E-state index in [0.717, 1.165) is 18.3 Å². The third kappa shape index (κ3) is 5.85. The van der Waals surface area contributed by atoms with Crippen LogP contribution in [0.1, 0.15) is 31.7 Å². The fourth-order valence-electron chi connectivity index (χ4n) is 3.29. The van der Waals surface area contributed by atoms with Crippen LogP contribution >= 0.6 is 12.2 Å². The molecule has 2 amide bonds. The van der Waals surface area contributed by atoms with Crippen molar-refractivity contribution in [2.24, 2.45) is 5.92 Å². The summed E-state index contributed by atoms with van der Waals surface area (Å²) in [6.07, 6.45) is 2.87. The summed E-state index contributed by atoms with van der Waals surface area (Å²) in [4.78, 5) is 38.4. The molecule has 0 saturated carbocycles. The first-order valence-electron chi connectivity index (χ1n) is 9.13. The number of thiocarbonyl (C=S) groups is 1. The van der Waals surface area contributed by atoms with E-state index in [1.807, 2.05) is 30.3 Å². The van der Waals surface area contributed by atoms with E-state index in [4.69, 9.17) is 17.0 Å². The summed E-state index contributed by atoms with van der Waals surface area (Å²) < 4.78 is 4.97. The smallest absolute Gasteiger partial charge is 0.243 e. The molecule has 0 aliphatic carbocycles. The molecular weight excluding hydrogens is 364 g/mol. The summed E-state index contributed by atoms with van der Waals surface area (Å²) in [7, 11) is 1.48. The molecule has 1 aliphatic rings. The quantitative estimate of drug-likeness (QED) is 0.542. The largest absolute Gasteiger partial charge is 0.490 e. The zero-order valence-electron chi connectivity index (χ0n) is 15.7. The molecule has 0 radical (unpaired) electrons. The first-order chi connectivity index (χ1) is 13.0. The van der Waals surface area contributed by atoms with Crippen LogP contribution in [0, 0.1) is 5.92 Å². The second-order valence-electron chi connectivity index (χ2n) is 6.81. The summed E-state index contributed by atoms with van der Waals surface area (Å²) in [6.45, 7) is 2.32. The van der Waals surface area contributed by atoms with Crippen LogP contribution in [0.2, 0.25) is 0 Å². The Labute approximate surface area is 165 Å². The Morgan fingerprint density at radius 2 is 2.07 bits per heavy atom. The van der Waals surface area contributed by atoms with Crippen molar-refractivity contribution in [1.29, 1.82) is 0 Å². The molecule has 3 atom stereocenters. The highest BCUT2D eigenvalue weighted by Gasteiger charge is 2.36. The Morgan fingerprint density at radius 1 is 1.37 bits per heavy atom. The van der Waals surface area contributed by atoms with Gasteiger partial charge in [0, 0.05) is 18.9 Å². The molecule has 1 fully saturated rings. The molecule has 1 aromatic carbocycles. The van der Waals surface area contributed by atoms with Crippen molar-refractivity contribution in [2.45, 2.75) is 44.7 Å². The molecule has 1 heterocycles. The van der Waals surface area contributed by atoms with Gasteiger partial charge in [-0.2, -0.15) is 0 Å². The van der Waals surface area contributed by atoms with Gasteiger partial charge in [-0.1, -0.05) is 37.3 Å². The van der Waals surface area contributed by atoms with Gasteiger partial charge in [0.05, 0.1) is 13.2 Å². The fourth-order valence-corrected chi connectivity index (χ4v) is 3.54. The van der Waals surface area contributed by atoms with Crippen LogP contribution in [0.3, 0.4) is 0 Å². The standard InChI is InChI=1S/C20H26N2O4S/c1-14(11-18(27)26-2)20(25)22-10-6-9-17(22)19(24)21-16(13-23)12-15-7-4-3-5-8-15/h3-5,7-8,13-14,16-17H,6,9-12H2,1-2H3,(H,21,24)/t14-,16+,17?/m0/s1. The van der Waals surface area contributed by atoms with Gasteiger partial charge in [-0.25, -0.2) is 0 Å². The molecule has 1 saturated heterocycles. The molecule has 0 aromatic heterocycles. The number of amides is 2. The number of nitrogens with one attached hydrogen (secondary N) is 1. The Hall–Kier alpha value is -2.28. The van der Waals surface area contributed by atoms with E-state index in [1.54, 1.807) is 11.8 Å². The van der Waals surface area contributed by atoms with E-state index >= 15 is 0 Å². The summed E-state index contributed by atoms with van der Waals surface area (Å²) in [6, 6.07) is 8.34. The average Bonchev–Trinajstić information content (AvgIpc) is 3.17. The third-order valence-electron chi connectivity index (χ3n) is 4.75. The highest BCUT2D eigenvalue weighted by molar-refractivity contribution is 7.80. The molecule has 0 spiro atoms. The molecule has 1 aliphatic heterocycles. The zero-order chi connectivity index (χ0) is 19.8. The van der Waals surface area contributed by atoms with Crippen molar-refractivity contribution in [2.75, 3.05) is 13.7 Å². The molecule has 2 rings (SSSR count). The first-order valence-corrected chi connectivity index (χ1v) is 9.54. The van der Waals surface area contributed by atoms with E-state index < -0.39 is 12.1 Å². The Balaban J connectivity index is 1.98. The Morgan fingerprint density at radius 3 is 2.70 bits per heavy atom. The molecule has 1 N–H and O–H groups in total. The molecule has 1 aromatic rings. The van der Waals surface area contributed by atoms with Crippen molar-refractivity contribution in [3.05, 3.63) is 35.9 Å². The number of carbonyl (C=O) groups is 3.